The first-order chi connectivity index (χ1) is 9.39. The van der Waals surface area contributed by atoms with Gasteiger partial charge in [-0.2, -0.15) is 0 Å². The van der Waals surface area contributed by atoms with Crippen LogP contribution in [0, 0.1) is 0 Å². The minimum absolute atomic E-state index is 0.188. The minimum Gasteiger partial charge on any atom is -0.480 e. The highest BCUT2D eigenvalue weighted by molar-refractivity contribution is 5.78. The fourth-order valence-corrected chi connectivity index (χ4v) is 3.38. The fourth-order valence-electron chi connectivity index (χ4n) is 3.38. The first-order valence-electron chi connectivity index (χ1n) is 8.14. The largest absolute Gasteiger partial charge is 0.480 e. The third kappa shape index (κ3) is 5.06. The third-order valence-corrected chi connectivity index (χ3v) is 4.45. The Kier molecular flexibility index (Phi) is 6.96. The lowest BCUT2D eigenvalue weighted by Gasteiger charge is -2.31. The molecule has 0 heterocycles. The van der Waals surface area contributed by atoms with E-state index in [0.29, 0.717) is 6.42 Å². The summed E-state index contributed by atoms with van der Waals surface area (Å²) in [5, 5.41) is 12.6. The summed E-state index contributed by atoms with van der Waals surface area (Å²) in [6.45, 7) is 10.1. The Balaban J connectivity index is 2.44. The van der Waals surface area contributed by atoms with Crippen LogP contribution in [0.15, 0.2) is 0 Å². The second-order valence-corrected chi connectivity index (χ2v) is 6.61. The number of nitrogens with one attached hydrogen (secondary N) is 1. The van der Waals surface area contributed by atoms with E-state index in [-0.39, 0.29) is 6.04 Å². The Morgan fingerprint density at radius 3 is 2.45 bits per heavy atom. The standard InChI is InChI=1S/C16H32N2O2/c1-5-18(14-9-6-7-10-14)12-8-11-16(4,15(19)20)17-13(2)3/h13-14,17H,5-12H2,1-4H3,(H,19,20). The van der Waals surface area contributed by atoms with Gasteiger partial charge in [0.05, 0.1) is 0 Å². The molecule has 0 spiro atoms. The second-order valence-electron chi connectivity index (χ2n) is 6.61. The van der Waals surface area contributed by atoms with Crippen molar-refractivity contribution in [2.45, 2.75) is 83.8 Å². The number of nitrogens with zero attached hydrogens (tertiary/aromatic N) is 1. The van der Waals surface area contributed by atoms with Gasteiger partial charge in [-0.15, -0.1) is 0 Å². The number of rotatable bonds is 9. The van der Waals surface area contributed by atoms with E-state index >= 15 is 0 Å². The molecule has 0 radical (unpaired) electrons. The van der Waals surface area contributed by atoms with Crippen molar-refractivity contribution in [3.63, 3.8) is 0 Å². The first-order valence-corrected chi connectivity index (χ1v) is 8.14. The van der Waals surface area contributed by atoms with Crippen molar-refractivity contribution in [1.82, 2.24) is 10.2 Å². The van der Waals surface area contributed by atoms with Crippen molar-refractivity contribution in [2.75, 3.05) is 13.1 Å². The van der Waals surface area contributed by atoms with Crippen molar-refractivity contribution in [3.8, 4) is 0 Å². The monoisotopic (exact) mass is 284 g/mol. The van der Waals surface area contributed by atoms with Crippen LogP contribution in [0.5, 0.6) is 0 Å². The van der Waals surface area contributed by atoms with E-state index in [2.05, 4.69) is 17.1 Å². The van der Waals surface area contributed by atoms with Gasteiger partial charge in [0.2, 0.25) is 0 Å². The molecule has 20 heavy (non-hydrogen) atoms. The molecule has 1 saturated carbocycles. The Bertz CT molecular complexity index is 301. The maximum atomic E-state index is 11.5. The lowest BCUT2D eigenvalue weighted by molar-refractivity contribution is -0.144. The molecule has 1 rings (SSSR count). The Morgan fingerprint density at radius 2 is 2.00 bits per heavy atom. The summed E-state index contributed by atoms with van der Waals surface area (Å²) < 4.78 is 0. The van der Waals surface area contributed by atoms with E-state index in [1.54, 1.807) is 6.92 Å². The molecule has 1 fully saturated rings. The summed E-state index contributed by atoms with van der Waals surface area (Å²) >= 11 is 0. The summed E-state index contributed by atoms with van der Waals surface area (Å²) in [4.78, 5) is 14.0. The minimum atomic E-state index is -0.802. The van der Waals surface area contributed by atoms with Crippen molar-refractivity contribution in [2.24, 2.45) is 0 Å². The normalized spacial score (nSPS) is 19.7. The van der Waals surface area contributed by atoms with Gasteiger partial charge in [0, 0.05) is 12.1 Å². The van der Waals surface area contributed by atoms with Gasteiger partial charge in [-0.3, -0.25) is 10.1 Å². The van der Waals surface area contributed by atoms with E-state index in [1.807, 2.05) is 13.8 Å². The van der Waals surface area contributed by atoms with Gasteiger partial charge in [0.15, 0.2) is 0 Å². The van der Waals surface area contributed by atoms with E-state index in [0.717, 1.165) is 25.6 Å². The van der Waals surface area contributed by atoms with Crippen LogP contribution in [0.25, 0.3) is 0 Å². The SMILES string of the molecule is CCN(CCCC(C)(NC(C)C)C(=O)O)C1CCCC1. The molecular weight excluding hydrogens is 252 g/mol. The van der Waals surface area contributed by atoms with Crippen LogP contribution in [-0.2, 0) is 4.79 Å². The molecule has 0 aromatic rings. The number of hydrogen-bond donors (Lipinski definition) is 2. The lowest BCUT2D eigenvalue weighted by Crippen LogP contribution is -2.52. The van der Waals surface area contributed by atoms with Gasteiger partial charge in [0.25, 0.3) is 0 Å². The smallest absolute Gasteiger partial charge is 0.323 e. The number of carbonyl (C=O) groups is 1. The molecule has 0 aromatic carbocycles. The third-order valence-electron chi connectivity index (χ3n) is 4.45. The molecule has 1 aliphatic rings. The highest BCUT2D eigenvalue weighted by atomic mass is 16.4. The average molecular weight is 284 g/mol. The van der Waals surface area contributed by atoms with E-state index < -0.39 is 11.5 Å². The molecule has 118 valence electrons. The molecule has 4 nitrogen and oxygen atoms in total. The van der Waals surface area contributed by atoms with Crippen LogP contribution >= 0.6 is 0 Å². The zero-order valence-electron chi connectivity index (χ0n) is 13.6. The molecule has 0 aliphatic heterocycles. The molecule has 1 unspecified atom stereocenters. The zero-order chi connectivity index (χ0) is 15.2. The average Bonchev–Trinajstić information content (AvgIpc) is 2.87. The molecule has 1 aliphatic carbocycles. The Labute approximate surface area is 123 Å². The molecule has 0 aromatic heterocycles. The van der Waals surface area contributed by atoms with E-state index in [1.165, 1.54) is 25.7 Å². The summed E-state index contributed by atoms with van der Waals surface area (Å²) in [6, 6.07) is 0.919. The van der Waals surface area contributed by atoms with Gasteiger partial charge in [-0.05, 0) is 59.5 Å². The quantitative estimate of drug-likeness (QED) is 0.683. The first kappa shape index (κ1) is 17.4. The van der Waals surface area contributed by atoms with Crippen LogP contribution in [0.2, 0.25) is 0 Å². The molecule has 0 amide bonds. The Hall–Kier alpha value is -0.610. The van der Waals surface area contributed by atoms with Gasteiger partial charge in [-0.25, -0.2) is 0 Å². The molecule has 4 heteroatoms. The lowest BCUT2D eigenvalue weighted by atomic mass is 9.94. The molecular formula is C16H32N2O2. The van der Waals surface area contributed by atoms with E-state index in [9.17, 15) is 9.90 Å². The summed E-state index contributed by atoms with van der Waals surface area (Å²) in [5.74, 6) is -0.741. The second kappa shape index (κ2) is 7.99. The van der Waals surface area contributed by atoms with Crippen molar-refractivity contribution in [3.05, 3.63) is 0 Å². The predicted octanol–water partition coefficient (Wildman–Crippen LogP) is 2.87. The number of carboxylic acids is 1. The number of aliphatic carboxylic acids is 1. The van der Waals surface area contributed by atoms with Gasteiger partial charge in [-0.1, -0.05) is 19.8 Å². The highest BCUT2D eigenvalue weighted by Crippen LogP contribution is 2.24. The molecule has 1 atom stereocenters. The van der Waals surface area contributed by atoms with Crippen molar-refractivity contribution in [1.29, 1.82) is 0 Å². The topological polar surface area (TPSA) is 52.6 Å². The van der Waals surface area contributed by atoms with Crippen LogP contribution in [-0.4, -0.2) is 46.7 Å². The molecule has 0 saturated heterocycles. The maximum Gasteiger partial charge on any atom is 0.323 e. The predicted molar refractivity (Wildman–Crippen MR) is 83.0 cm³/mol. The van der Waals surface area contributed by atoms with Gasteiger partial charge in [0.1, 0.15) is 5.54 Å². The van der Waals surface area contributed by atoms with Crippen molar-refractivity contribution < 1.29 is 9.90 Å². The van der Waals surface area contributed by atoms with Crippen LogP contribution in [0.3, 0.4) is 0 Å². The summed E-state index contributed by atoms with van der Waals surface area (Å²) in [7, 11) is 0. The number of carboxylic acid groups (broad SMARTS) is 1. The van der Waals surface area contributed by atoms with Crippen LogP contribution in [0.1, 0.15) is 66.2 Å². The highest BCUT2D eigenvalue weighted by Gasteiger charge is 2.33. The fraction of sp³-hybridized carbons (Fsp3) is 0.938. The maximum absolute atomic E-state index is 11.5. The Morgan fingerprint density at radius 1 is 1.40 bits per heavy atom. The van der Waals surface area contributed by atoms with Crippen molar-refractivity contribution >= 4 is 5.97 Å². The number of hydrogen-bond acceptors (Lipinski definition) is 3. The molecule has 0 bridgehead atoms. The summed E-state index contributed by atoms with van der Waals surface area (Å²) in [5.41, 5.74) is -0.802. The van der Waals surface area contributed by atoms with Gasteiger partial charge < -0.3 is 10.0 Å². The zero-order valence-corrected chi connectivity index (χ0v) is 13.6. The van der Waals surface area contributed by atoms with Crippen LogP contribution < -0.4 is 5.32 Å². The van der Waals surface area contributed by atoms with Crippen LogP contribution in [0.4, 0.5) is 0 Å². The van der Waals surface area contributed by atoms with E-state index in [4.69, 9.17) is 0 Å². The van der Waals surface area contributed by atoms with Gasteiger partial charge >= 0.3 is 5.97 Å². The molecule has 2 N–H and O–H groups in total. The summed E-state index contributed by atoms with van der Waals surface area (Å²) in [6.07, 6.45) is 6.95.